The number of halogens is 1. The molecule has 1 aliphatic rings. The number of ether oxygens (including phenoxy) is 1. The number of nitrogens with zero attached hydrogens (tertiary/aromatic N) is 1. The molecule has 0 N–H and O–H groups in total. The van der Waals surface area contributed by atoms with Crippen molar-refractivity contribution in [2.45, 2.75) is 25.7 Å². The molecule has 1 aliphatic heterocycles. The van der Waals surface area contributed by atoms with Crippen molar-refractivity contribution in [2.75, 3.05) is 25.6 Å². The Balaban J connectivity index is 1.96. The van der Waals surface area contributed by atoms with Gasteiger partial charge in [-0.2, -0.15) is 0 Å². The summed E-state index contributed by atoms with van der Waals surface area (Å²) in [5.41, 5.74) is 0. The molecule has 1 amide bonds. The van der Waals surface area contributed by atoms with Gasteiger partial charge in [0.25, 0.3) is 0 Å². The summed E-state index contributed by atoms with van der Waals surface area (Å²) in [4.78, 5) is 12.7. The highest BCUT2D eigenvalue weighted by Gasteiger charge is 2.20. The van der Waals surface area contributed by atoms with E-state index in [9.17, 15) is 4.79 Å². The van der Waals surface area contributed by atoms with E-state index >= 15 is 0 Å². The van der Waals surface area contributed by atoms with E-state index in [1.165, 1.54) is 0 Å². The molecule has 4 heteroatoms. The zero-order valence-electron chi connectivity index (χ0n) is 7.80. The molecule has 3 nitrogen and oxygen atoms in total. The SMILES string of the molecule is O=C1OCCN1CCCCCCCl. The maximum atomic E-state index is 11.0. The number of unbranched alkanes of at least 4 members (excludes halogenated alkanes) is 3. The van der Waals surface area contributed by atoms with Crippen LogP contribution in [0.15, 0.2) is 0 Å². The van der Waals surface area contributed by atoms with Gasteiger partial charge in [0.15, 0.2) is 0 Å². The van der Waals surface area contributed by atoms with Crippen LogP contribution in [0, 0.1) is 0 Å². The summed E-state index contributed by atoms with van der Waals surface area (Å²) in [6.45, 7) is 2.15. The summed E-state index contributed by atoms with van der Waals surface area (Å²) in [7, 11) is 0. The lowest BCUT2D eigenvalue weighted by Crippen LogP contribution is -2.25. The molecule has 0 aliphatic carbocycles. The summed E-state index contributed by atoms with van der Waals surface area (Å²) in [6.07, 6.45) is 4.29. The Hall–Kier alpha value is -0.440. The van der Waals surface area contributed by atoms with Crippen molar-refractivity contribution in [2.24, 2.45) is 0 Å². The van der Waals surface area contributed by atoms with Crippen molar-refractivity contribution in [3.8, 4) is 0 Å². The largest absolute Gasteiger partial charge is 0.448 e. The molecule has 0 spiro atoms. The third-order valence-corrected chi connectivity index (χ3v) is 2.42. The number of rotatable bonds is 6. The zero-order chi connectivity index (χ0) is 9.52. The van der Waals surface area contributed by atoms with E-state index < -0.39 is 0 Å². The first-order valence-electron chi connectivity index (χ1n) is 4.82. The molecule has 0 radical (unpaired) electrons. The maximum Gasteiger partial charge on any atom is 0.409 e. The first kappa shape index (κ1) is 10.6. The predicted molar refractivity (Wildman–Crippen MR) is 52.1 cm³/mol. The lowest BCUT2D eigenvalue weighted by molar-refractivity contribution is 0.158. The Kier molecular flexibility index (Phi) is 4.98. The summed E-state index contributed by atoms with van der Waals surface area (Å²) in [6, 6.07) is 0. The number of hydrogen-bond acceptors (Lipinski definition) is 2. The number of carbonyl (C=O) groups excluding carboxylic acids is 1. The lowest BCUT2D eigenvalue weighted by atomic mass is 10.2. The van der Waals surface area contributed by atoms with E-state index in [1.807, 2.05) is 0 Å². The van der Waals surface area contributed by atoms with Crippen LogP contribution in [-0.4, -0.2) is 36.6 Å². The van der Waals surface area contributed by atoms with Crippen LogP contribution in [0.25, 0.3) is 0 Å². The van der Waals surface area contributed by atoms with Crippen molar-refractivity contribution in [3.05, 3.63) is 0 Å². The van der Waals surface area contributed by atoms with Gasteiger partial charge in [-0.1, -0.05) is 12.8 Å². The van der Waals surface area contributed by atoms with Gasteiger partial charge in [-0.15, -0.1) is 11.6 Å². The van der Waals surface area contributed by atoms with E-state index in [2.05, 4.69) is 0 Å². The molecule has 1 fully saturated rings. The molecule has 1 saturated heterocycles. The summed E-state index contributed by atoms with van der Waals surface area (Å²) >= 11 is 5.55. The van der Waals surface area contributed by atoms with Gasteiger partial charge in [-0.25, -0.2) is 4.79 Å². The minimum atomic E-state index is -0.155. The highest BCUT2D eigenvalue weighted by atomic mass is 35.5. The summed E-state index contributed by atoms with van der Waals surface area (Å²) < 4.78 is 4.81. The lowest BCUT2D eigenvalue weighted by Gasteiger charge is -2.11. The second kappa shape index (κ2) is 6.08. The Morgan fingerprint density at radius 2 is 2.08 bits per heavy atom. The molecular weight excluding hydrogens is 190 g/mol. The smallest absolute Gasteiger partial charge is 0.409 e. The average Bonchev–Trinajstić information content (AvgIpc) is 2.52. The molecule has 0 aromatic heterocycles. The van der Waals surface area contributed by atoms with Crippen molar-refractivity contribution in [1.82, 2.24) is 4.90 Å². The fourth-order valence-corrected chi connectivity index (χ4v) is 1.57. The minimum absolute atomic E-state index is 0.155. The number of alkyl halides is 1. The van der Waals surface area contributed by atoms with Crippen molar-refractivity contribution in [1.29, 1.82) is 0 Å². The number of hydrogen-bond donors (Lipinski definition) is 0. The molecule has 0 atom stereocenters. The monoisotopic (exact) mass is 205 g/mol. The number of amides is 1. The Labute approximate surface area is 84.0 Å². The fourth-order valence-electron chi connectivity index (χ4n) is 1.38. The van der Waals surface area contributed by atoms with E-state index in [0.29, 0.717) is 6.61 Å². The predicted octanol–water partition coefficient (Wildman–Crippen LogP) is 2.24. The van der Waals surface area contributed by atoms with E-state index in [4.69, 9.17) is 16.3 Å². The van der Waals surface area contributed by atoms with Gasteiger partial charge in [-0.3, -0.25) is 0 Å². The van der Waals surface area contributed by atoms with Gasteiger partial charge < -0.3 is 9.64 Å². The molecule has 1 rings (SSSR count). The van der Waals surface area contributed by atoms with Crippen molar-refractivity contribution >= 4 is 17.7 Å². The summed E-state index contributed by atoms with van der Waals surface area (Å²) in [5.74, 6) is 0.742. The van der Waals surface area contributed by atoms with Gasteiger partial charge >= 0.3 is 6.09 Å². The van der Waals surface area contributed by atoms with Gasteiger partial charge in [0.05, 0.1) is 6.54 Å². The van der Waals surface area contributed by atoms with Crippen molar-refractivity contribution in [3.63, 3.8) is 0 Å². The van der Waals surface area contributed by atoms with Crippen LogP contribution in [0.3, 0.4) is 0 Å². The quantitative estimate of drug-likeness (QED) is 0.492. The van der Waals surface area contributed by atoms with E-state index in [-0.39, 0.29) is 6.09 Å². The van der Waals surface area contributed by atoms with Crippen LogP contribution in [-0.2, 0) is 4.74 Å². The summed E-state index contributed by atoms with van der Waals surface area (Å²) in [5, 5.41) is 0. The fraction of sp³-hybridized carbons (Fsp3) is 0.889. The molecule has 0 saturated carbocycles. The first-order valence-corrected chi connectivity index (χ1v) is 5.35. The topological polar surface area (TPSA) is 29.5 Å². The molecule has 0 bridgehead atoms. The number of carbonyl (C=O) groups is 1. The zero-order valence-corrected chi connectivity index (χ0v) is 8.55. The van der Waals surface area contributed by atoms with Crippen LogP contribution in [0.4, 0.5) is 4.79 Å². The van der Waals surface area contributed by atoms with E-state index in [0.717, 1.165) is 44.7 Å². The highest BCUT2D eigenvalue weighted by Crippen LogP contribution is 2.07. The Bertz CT molecular complexity index is 164. The van der Waals surface area contributed by atoms with Crippen LogP contribution < -0.4 is 0 Å². The molecule has 0 unspecified atom stereocenters. The van der Waals surface area contributed by atoms with E-state index in [1.54, 1.807) is 4.90 Å². The molecule has 76 valence electrons. The third-order valence-electron chi connectivity index (χ3n) is 2.16. The second-order valence-electron chi connectivity index (χ2n) is 3.20. The van der Waals surface area contributed by atoms with Crippen LogP contribution in [0.1, 0.15) is 25.7 Å². The first-order chi connectivity index (χ1) is 6.34. The molecule has 0 aromatic rings. The maximum absolute atomic E-state index is 11.0. The van der Waals surface area contributed by atoms with Crippen LogP contribution >= 0.6 is 11.6 Å². The van der Waals surface area contributed by atoms with Crippen LogP contribution in [0.5, 0.6) is 0 Å². The van der Waals surface area contributed by atoms with Gasteiger partial charge in [0.2, 0.25) is 0 Å². The standard InChI is InChI=1S/C9H16ClNO2/c10-5-3-1-2-4-6-11-7-8-13-9(11)12/h1-8H2. The van der Waals surface area contributed by atoms with Crippen LogP contribution in [0.2, 0.25) is 0 Å². The second-order valence-corrected chi connectivity index (χ2v) is 3.58. The molecule has 0 aromatic carbocycles. The number of cyclic esters (lactones) is 1. The highest BCUT2D eigenvalue weighted by molar-refractivity contribution is 6.17. The minimum Gasteiger partial charge on any atom is -0.448 e. The van der Waals surface area contributed by atoms with Gasteiger partial charge in [0.1, 0.15) is 6.61 Å². The molecule has 13 heavy (non-hydrogen) atoms. The van der Waals surface area contributed by atoms with Gasteiger partial charge in [-0.05, 0) is 12.8 Å². The Morgan fingerprint density at radius 3 is 2.69 bits per heavy atom. The average molecular weight is 206 g/mol. The normalized spacial score (nSPS) is 16.4. The third kappa shape index (κ3) is 3.85. The van der Waals surface area contributed by atoms with Gasteiger partial charge in [0, 0.05) is 12.4 Å². The molecule has 1 heterocycles. The Morgan fingerprint density at radius 1 is 1.31 bits per heavy atom. The van der Waals surface area contributed by atoms with Crippen molar-refractivity contribution < 1.29 is 9.53 Å². The molecular formula is C9H16ClNO2.